The van der Waals surface area contributed by atoms with Crippen LogP contribution in [0.3, 0.4) is 0 Å². The fourth-order valence-electron chi connectivity index (χ4n) is 1.40. The van der Waals surface area contributed by atoms with Gasteiger partial charge < -0.3 is 9.47 Å². The minimum atomic E-state index is -0.385. The van der Waals surface area contributed by atoms with Crippen LogP contribution in [0.1, 0.15) is 45.0 Å². The van der Waals surface area contributed by atoms with Crippen LogP contribution in [-0.4, -0.2) is 30.8 Å². The molecular formula is C17H24N2O4. The first-order valence-electron chi connectivity index (χ1n) is 7.47. The van der Waals surface area contributed by atoms with Gasteiger partial charge in [-0.15, -0.1) is 0 Å². The maximum absolute atomic E-state index is 11.7. The van der Waals surface area contributed by atoms with Crippen LogP contribution in [-0.2, 0) is 9.53 Å². The number of ether oxygens (including phenoxy) is 2. The summed E-state index contributed by atoms with van der Waals surface area (Å²) in [7, 11) is 0. The van der Waals surface area contributed by atoms with E-state index in [1.807, 2.05) is 27.7 Å². The summed E-state index contributed by atoms with van der Waals surface area (Å²) >= 11 is 0. The van der Waals surface area contributed by atoms with E-state index in [4.69, 9.17) is 9.47 Å². The Bertz CT molecular complexity index is 571. The lowest BCUT2D eigenvalue weighted by atomic mass is 9.91. The summed E-state index contributed by atoms with van der Waals surface area (Å²) in [6.07, 6.45) is 0. The summed E-state index contributed by atoms with van der Waals surface area (Å²) in [6, 6.07) is 6.41. The Morgan fingerprint density at radius 1 is 1.17 bits per heavy atom. The Kier molecular flexibility index (Phi) is 6.75. The van der Waals surface area contributed by atoms with Crippen LogP contribution in [0.15, 0.2) is 29.4 Å². The van der Waals surface area contributed by atoms with E-state index in [0.29, 0.717) is 17.9 Å². The largest absolute Gasteiger partial charge is 0.484 e. The van der Waals surface area contributed by atoms with Crippen LogP contribution in [0.5, 0.6) is 5.75 Å². The lowest BCUT2D eigenvalue weighted by Gasteiger charge is -2.17. The molecule has 0 radical (unpaired) electrons. The molecule has 6 nitrogen and oxygen atoms in total. The Hall–Kier alpha value is -2.37. The number of hydrazone groups is 1. The van der Waals surface area contributed by atoms with E-state index in [1.165, 1.54) is 0 Å². The predicted molar refractivity (Wildman–Crippen MR) is 88.6 cm³/mol. The van der Waals surface area contributed by atoms with Gasteiger partial charge in [0.1, 0.15) is 5.75 Å². The van der Waals surface area contributed by atoms with Gasteiger partial charge in [-0.3, -0.25) is 4.79 Å². The molecule has 1 N–H and O–H groups in total. The second-order valence-corrected chi connectivity index (χ2v) is 6.02. The third kappa shape index (κ3) is 6.50. The predicted octanol–water partition coefficient (Wildman–Crippen LogP) is 2.78. The zero-order chi connectivity index (χ0) is 17.5. The third-order valence-corrected chi connectivity index (χ3v) is 3.17. The molecule has 126 valence electrons. The first kappa shape index (κ1) is 18.7. The van der Waals surface area contributed by atoms with E-state index >= 15 is 0 Å². The van der Waals surface area contributed by atoms with E-state index in [9.17, 15) is 9.59 Å². The molecule has 1 rings (SSSR count). The van der Waals surface area contributed by atoms with Crippen molar-refractivity contribution in [2.24, 2.45) is 10.5 Å². The van der Waals surface area contributed by atoms with E-state index < -0.39 is 0 Å². The summed E-state index contributed by atoms with van der Waals surface area (Å²) < 4.78 is 10.2. The quantitative estimate of drug-likeness (QED) is 0.497. The molecule has 0 heterocycles. The van der Waals surface area contributed by atoms with Gasteiger partial charge in [0.25, 0.3) is 5.91 Å². The Morgan fingerprint density at radius 3 is 2.30 bits per heavy atom. The van der Waals surface area contributed by atoms with Gasteiger partial charge in [0.05, 0.1) is 12.2 Å². The second kappa shape index (κ2) is 8.31. The Morgan fingerprint density at radius 2 is 1.78 bits per heavy atom. The fourth-order valence-corrected chi connectivity index (χ4v) is 1.40. The van der Waals surface area contributed by atoms with Crippen molar-refractivity contribution >= 4 is 17.6 Å². The molecule has 0 aliphatic heterocycles. The molecule has 0 fully saturated rings. The molecule has 1 aromatic carbocycles. The zero-order valence-electron chi connectivity index (χ0n) is 14.3. The summed E-state index contributed by atoms with van der Waals surface area (Å²) in [4.78, 5) is 23.2. The molecule has 0 atom stereocenters. The SMILES string of the molecule is CCOC(=O)c1ccc(OCC(=O)NN=C(C)C(C)(C)C)cc1. The van der Waals surface area contributed by atoms with Crippen molar-refractivity contribution in [1.29, 1.82) is 0 Å². The molecule has 0 aliphatic carbocycles. The minimum absolute atomic E-state index is 0.100. The number of nitrogens with zero attached hydrogens (tertiary/aromatic N) is 1. The molecule has 0 saturated carbocycles. The monoisotopic (exact) mass is 320 g/mol. The Labute approximate surface area is 136 Å². The molecule has 6 heteroatoms. The highest BCUT2D eigenvalue weighted by Gasteiger charge is 2.14. The number of carbonyl (C=O) groups excluding carboxylic acids is 2. The zero-order valence-corrected chi connectivity index (χ0v) is 14.3. The van der Waals surface area contributed by atoms with Crippen molar-refractivity contribution in [1.82, 2.24) is 5.43 Å². The lowest BCUT2D eigenvalue weighted by Crippen LogP contribution is -2.28. The minimum Gasteiger partial charge on any atom is -0.484 e. The molecule has 0 unspecified atom stereocenters. The smallest absolute Gasteiger partial charge is 0.338 e. The molecule has 23 heavy (non-hydrogen) atoms. The summed E-state index contributed by atoms with van der Waals surface area (Å²) in [5.74, 6) is -0.239. The normalized spacial score (nSPS) is 11.8. The first-order chi connectivity index (χ1) is 10.7. The average molecular weight is 320 g/mol. The summed E-state index contributed by atoms with van der Waals surface area (Å²) in [6.45, 7) is 9.82. The number of nitrogens with one attached hydrogen (secondary N) is 1. The summed E-state index contributed by atoms with van der Waals surface area (Å²) in [5.41, 5.74) is 3.62. The molecule has 0 saturated heterocycles. The van der Waals surface area contributed by atoms with Gasteiger partial charge in [0.2, 0.25) is 0 Å². The van der Waals surface area contributed by atoms with Gasteiger partial charge in [-0.1, -0.05) is 20.8 Å². The number of rotatable bonds is 6. The van der Waals surface area contributed by atoms with Crippen LogP contribution >= 0.6 is 0 Å². The number of hydrogen-bond acceptors (Lipinski definition) is 5. The van der Waals surface area contributed by atoms with Crippen LogP contribution < -0.4 is 10.2 Å². The fraction of sp³-hybridized carbons (Fsp3) is 0.471. The molecule has 0 bridgehead atoms. The van der Waals surface area contributed by atoms with Gasteiger partial charge in [0.15, 0.2) is 6.61 Å². The Balaban J connectivity index is 2.49. The third-order valence-electron chi connectivity index (χ3n) is 3.17. The van der Waals surface area contributed by atoms with Crippen molar-refractivity contribution in [3.05, 3.63) is 29.8 Å². The molecular weight excluding hydrogens is 296 g/mol. The molecule has 0 aliphatic rings. The number of esters is 1. The summed E-state index contributed by atoms with van der Waals surface area (Å²) in [5, 5.41) is 4.04. The van der Waals surface area contributed by atoms with E-state index in [0.717, 1.165) is 5.71 Å². The van der Waals surface area contributed by atoms with Crippen molar-refractivity contribution in [2.75, 3.05) is 13.2 Å². The van der Waals surface area contributed by atoms with Gasteiger partial charge in [-0.2, -0.15) is 5.10 Å². The van der Waals surface area contributed by atoms with Gasteiger partial charge in [-0.05, 0) is 38.1 Å². The maximum Gasteiger partial charge on any atom is 0.338 e. The number of amides is 1. The number of hydrogen-bond donors (Lipinski definition) is 1. The topological polar surface area (TPSA) is 77.0 Å². The molecule has 0 aromatic heterocycles. The first-order valence-corrected chi connectivity index (χ1v) is 7.47. The number of carbonyl (C=O) groups is 2. The van der Waals surface area contributed by atoms with Crippen molar-refractivity contribution in [2.45, 2.75) is 34.6 Å². The van der Waals surface area contributed by atoms with Crippen molar-refractivity contribution in [3.8, 4) is 5.75 Å². The van der Waals surface area contributed by atoms with Crippen LogP contribution in [0.4, 0.5) is 0 Å². The molecule has 1 amide bonds. The van der Waals surface area contributed by atoms with Crippen LogP contribution in [0.2, 0.25) is 0 Å². The van der Waals surface area contributed by atoms with Crippen molar-refractivity contribution in [3.63, 3.8) is 0 Å². The lowest BCUT2D eigenvalue weighted by molar-refractivity contribution is -0.123. The van der Waals surface area contributed by atoms with Gasteiger partial charge in [0, 0.05) is 11.1 Å². The standard InChI is InChI=1S/C17H24N2O4/c1-6-22-16(21)13-7-9-14(10-8-13)23-11-15(20)19-18-12(2)17(3,4)5/h7-10H,6,11H2,1-5H3,(H,19,20). The second-order valence-electron chi connectivity index (χ2n) is 6.02. The highest BCUT2D eigenvalue weighted by Crippen LogP contribution is 2.15. The highest BCUT2D eigenvalue weighted by atomic mass is 16.5. The molecule has 1 aromatic rings. The number of benzene rings is 1. The van der Waals surface area contributed by atoms with E-state index in [2.05, 4.69) is 10.5 Å². The van der Waals surface area contributed by atoms with Gasteiger partial charge in [-0.25, -0.2) is 10.2 Å². The highest BCUT2D eigenvalue weighted by molar-refractivity contribution is 5.89. The average Bonchev–Trinajstić information content (AvgIpc) is 2.50. The van der Waals surface area contributed by atoms with E-state index in [-0.39, 0.29) is 23.9 Å². The van der Waals surface area contributed by atoms with Gasteiger partial charge >= 0.3 is 5.97 Å². The van der Waals surface area contributed by atoms with Crippen LogP contribution in [0.25, 0.3) is 0 Å². The van der Waals surface area contributed by atoms with Crippen LogP contribution in [0, 0.1) is 5.41 Å². The maximum atomic E-state index is 11.7. The van der Waals surface area contributed by atoms with E-state index in [1.54, 1.807) is 31.2 Å². The molecule has 0 spiro atoms. The van der Waals surface area contributed by atoms with Crippen molar-refractivity contribution < 1.29 is 19.1 Å².